The lowest BCUT2D eigenvalue weighted by Gasteiger charge is -2.38. The Kier molecular flexibility index (Phi) is 7.14. The molecule has 0 unspecified atom stereocenters. The summed E-state index contributed by atoms with van der Waals surface area (Å²) in [6.07, 6.45) is 3.60. The van der Waals surface area contributed by atoms with Gasteiger partial charge in [0.15, 0.2) is 0 Å². The second kappa shape index (κ2) is 9.01. The number of anilines is 1. The van der Waals surface area contributed by atoms with Gasteiger partial charge in [-0.2, -0.15) is 0 Å². The average Bonchev–Trinajstić information content (AvgIpc) is 2.60. The molecule has 2 rings (SSSR count). The Balaban J connectivity index is 2.38. The van der Waals surface area contributed by atoms with Gasteiger partial charge in [-0.25, -0.2) is 14.6 Å². The van der Waals surface area contributed by atoms with E-state index in [0.717, 1.165) is 24.8 Å². The fourth-order valence-corrected chi connectivity index (χ4v) is 3.37. The molecule has 1 fully saturated rings. The van der Waals surface area contributed by atoms with Crippen molar-refractivity contribution >= 4 is 18.0 Å². The molecule has 0 radical (unpaired) electrons. The van der Waals surface area contributed by atoms with Crippen LogP contribution in [0, 0.1) is 0 Å². The van der Waals surface area contributed by atoms with Crippen LogP contribution in [0.25, 0.3) is 0 Å². The molecule has 1 saturated heterocycles. The molecule has 0 aliphatic carbocycles. The minimum absolute atomic E-state index is 0.196. The number of hydrogen-bond acceptors (Lipinski definition) is 5. The van der Waals surface area contributed by atoms with Crippen molar-refractivity contribution in [3.63, 3.8) is 0 Å². The lowest BCUT2D eigenvalue weighted by Crippen LogP contribution is -2.43. The normalized spacial score (nSPS) is 17.6. The number of rotatable bonds is 3. The Morgan fingerprint density at radius 3 is 2.38 bits per heavy atom. The standard InChI is InChI=1S/C22H35N3O4/c1-8-24(19(26)28-21(2,3)4)18-16(12-11-14-23-18)17-13-9-10-15-25(17)20(27)29-22(5,6)7/h11-12,14,17H,8-10,13,15H2,1-7H3/t17-/m0/s1. The number of amides is 2. The highest BCUT2D eigenvalue weighted by atomic mass is 16.6. The summed E-state index contributed by atoms with van der Waals surface area (Å²) in [4.78, 5) is 33.4. The monoisotopic (exact) mass is 405 g/mol. The maximum absolute atomic E-state index is 12.8. The highest BCUT2D eigenvalue weighted by molar-refractivity contribution is 5.87. The molecule has 0 bridgehead atoms. The average molecular weight is 406 g/mol. The second-order valence-corrected chi connectivity index (χ2v) is 9.33. The molecule has 1 aromatic heterocycles. The first-order chi connectivity index (χ1) is 13.4. The number of likely N-dealkylation sites (tertiary alicyclic amines) is 1. The van der Waals surface area contributed by atoms with Crippen LogP contribution >= 0.6 is 0 Å². The van der Waals surface area contributed by atoms with E-state index in [0.29, 0.717) is 18.9 Å². The van der Waals surface area contributed by atoms with Crippen LogP contribution < -0.4 is 4.90 Å². The van der Waals surface area contributed by atoms with Crippen molar-refractivity contribution < 1.29 is 19.1 Å². The van der Waals surface area contributed by atoms with Gasteiger partial charge in [-0.3, -0.25) is 4.90 Å². The zero-order valence-corrected chi connectivity index (χ0v) is 18.8. The number of ether oxygens (including phenoxy) is 2. The van der Waals surface area contributed by atoms with Gasteiger partial charge in [-0.1, -0.05) is 6.07 Å². The first-order valence-electron chi connectivity index (χ1n) is 10.4. The Bertz CT molecular complexity index is 722. The summed E-state index contributed by atoms with van der Waals surface area (Å²) in [7, 11) is 0. The SMILES string of the molecule is CCN(C(=O)OC(C)(C)C)c1ncccc1[C@@H]1CCCCN1C(=O)OC(C)(C)C. The van der Waals surface area contributed by atoms with Gasteiger partial charge in [-0.15, -0.1) is 0 Å². The highest BCUT2D eigenvalue weighted by Gasteiger charge is 2.35. The summed E-state index contributed by atoms with van der Waals surface area (Å²) in [5.74, 6) is 0.532. The summed E-state index contributed by atoms with van der Waals surface area (Å²) in [6, 6.07) is 3.57. The lowest BCUT2D eigenvalue weighted by molar-refractivity contribution is 0.00955. The van der Waals surface area contributed by atoms with E-state index >= 15 is 0 Å². The zero-order valence-electron chi connectivity index (χ0n) is 18.8. The third-order valence-electron chi connectivity index (χ3n) is 4.49. The molecule has 1 atom stereocenters. The van der Waals surface area contributed by atoms with E-state index in [9.17, 15) is 9.59 Å². The first kappa shape index (κ1) is 23.0. The minimum Gasteiger partial charge on any atom is -0.444 e. The molecule has 7 nitrogen and oxygen atoms in total. The van der Waals surface area contributed by atoms with Gasteiger partial charge in [-0.05, 0) is 73.8 Å². The van der Waals surface area contributed by atoms with E-state index in [-0.39, 0.29) is 12.1 Å². The molecule has 0 spiro atoms. The largest absolute Gasteiger partial charge is 0.444 e. The summed E-state index contributed by atoms with van der Waals surface area (Å²) < 4.78 is 11.2. The van der Waals surface area contributed by atoms with Crippen molar-refractivity contribution in [2.75, 3.05) is 18.0 Å². The molecule has 2 heterocycles. The number of piperidine rings is 1. The molecule has 0 aromatic carbocycles. The maximum atomic E-state index is 12.8. The highest BCUT2D eigenvalue weighted by Crippen LogP contribution is 2.36. The van der Waals surface area contributed by atoms with Crippen molar-refractivity contribution in [1.29, 1.82) is 0 Å². The number of carbonyl (C=O) groups is 2. The molecule has 0 N–H and O–H groups in total. The van der Waals surface area contributed by atoms with Crippen LogP contribution in [0.1, 0.15) is 79.3 Å². The second-order valence-electron chi connectivity index (χ2n) is 9.33. The van der Waals surface area contributed by atoms with Crippen molar-refractivity contribution in [2.45, 2.75) is 85.0 Å². The number of pyridine rings is 1. The van der Waals surface area contributed by atoms with Crippen LogP contribution in [-0.4, -0.2) is 46.4 Å². The van der Waals surface area contributed by atoms with Crippen LogP contribution in [0.3, 0.4) is 0 Å². The van der Waals surface area contributed by atoms with Gasteiger partial charge < -0.3 is 14.4 Å². The Hall–Kier alpha value is -2.31. The van der Waals surface area contributed by atoms with E-state index in [1.165, 1.54) is 4.90 Å². The number of hydrogen-bond donors (Lipinski definition) is 0. The molecule has 0 saturated carbocycles. The maximum Gasteiger partial charge on any atom is 0.415 e. The molecule has 1 aliphatic rings. The van der Waals surface area contributed by atoms with Crippen molar-refractivity contribution in [3.8, 4) is 0 Å². The van der Waals surface area contributed by atoms with E-state index in [1.54, 1.807) is 11.1 Å². The van der Waals surface area contributed by atoms with Crippen LogP contribution in [0.2, 0.25) is 0 Å². The van der Waals surface area contributed by atoms with Crippen LogP contribution in [0.15, 0.2) is 18.3 Å². The predicted molar refractivity (Wildman–Crippen MR) is 113 cm³/mol. The zero-order chi connectivity index (χ0) is 21.8. The molecule has 2 amide bonds. The quantitative estimate of drug-likeness (QED) is 0.682. The van der Waals surface area contributed by atoms with Crippen LogP contribution in [0.5, 0.6) is 0 Å². The molecular weight excluding hydrogens is 370 g/mol. The van der Waals surface area contributed by atoms with Crippen molar-refractivity contribution in [2.24, 2.45) is 0 Å². The van der Waals surface area contributed by atoms with Gasteiger partial charge in [0.05, 0.1) is 6.04 Å². The van der Waals surface area contributed by atoms with Gasteiger partial charge >= 0.3 is 12.2 Å². The van der Waals surface area contributed by atoms with Crippen LogP contribution in [0.4, 0.5) is 15.4 Å². The first-order valence-corrected chi connectivity index (χ1v) is 10.4. The predicted octanol–water partition coefficient (Wildman–Crippen LogP) is 5.31. The molecule has 7 heteroatoms. The number of nitrogens with zero attached hydrogens (tertiary/aromatic N) is 3. The molecule has 1 aromatic rings. The van der Waals surface area contributed by atoms with Gasteiger partial charge in [0.1, 0.15) is 17.0 Å². The summed E-state index contributed by atoms with van der Waals surface area (Å²) >= 11 is 0. The molecule has 162 valence electrons. The summed E-state index contributed by atoms with van der Waals surface area (Å²) in [6.45, 7) is 14.0. The number of carbonyl (C=O) groups excluding carboxylic acids is 2. The Morgan fingerprint density at radius 2 is 1.79 bits per heavy atom. The number of aromatic nitrogens is 1. The minimum atomic E-state index is -0.604. The van der Waals surface area contributed by atoms with Gasteiger partial charge in [0, 0.05) is 24.8 Å². The van der Waals surface area contributed by atoms with Gasteiger partial charge in [0.25, 0.3) is 0 Å². The van der Waals surface area contributed by atoms with Gasteiger partial charge in [0.2, 0.25) is 0 Å². The fraction of sp³-hybridized carbons (Fsp3) is 0.682. The topological polar surface area (TPSA) is 72.0 Å². The molecule has 1 aliphatic heterocycles. The fourth-order valence-electron chi connectivity index (χ4n) is 3.37. The molecular formula is C22H35N3O4. The van der Waals surface area contributed by atoms with Crippen molar-refractivity contribution in [3.05, 3.63) is 23.9 Å². The van der Waals surface area contributed by atoms with E-state index in [2.05, 4.69) is 4.98 Å². The van der Waals surface area contributed by atoms with Crippen LogP contribution in [-0.2, 0) is 9.47 Å². The van der Waals surface area contributed by atoms with E-state index < -0.39 is 17.3 Å². The summed E-state index contributed by atoms with van der Waals surface area (Å²) in [5, 5.41) is 0. The lowest BCUT2D eigenvalue weighted by atomic mass is 9.95. The third kappa shape index (κ3) is 6.34. The Morgan fingerprint density at radius 1 is 1.14 bits per heavy atom. The van der Waals surface area contributed by atoms with E-state index in [1.807, 2.05) is 60.6 Å². The summed E-state index contributed by atoms with van der Waals surface area (Å²) in [5.41, 5.74) is -0.332. The van der Waals surface area contributed by atoms with Crippen molar-refractivity contribution in [1.82, 2.24) is 9.88 Å². The Labute approximate surface area is 174 Å². The molecule has 29 heavy (non-hydrogen) atoms. The third-order valence-corrected chi connectivity index (χ3v) is 4.49. The smallest absolute Gasteiger partial charge is 0.415 e. The van der Waals surface area contributed by atoms with E-state index in [4.69, 9.17) is 9.47 Å².